The molecular weight excluding hydrogens is 360 g/mol. The van der Waals surface area contributed by atoms with Gasteiger partial charge in [-0.15, -0.1) is 11.3 Å². The summed E-state index contributed by atoms with van der Waals surface area (Å²) in [6, 6.07) is 10.9. The molecule has 1 aromatic carbocycles. The maximum atomic E-state index is 13.2. The number of carbonyl (C=O) groups excluding carboxylic acids is 1. The summed E-state index contributed by atoms with van der Waals surface area (Å²) in [4.78, 5) is 20.7. The molecular formula is C21H24N2O3S. The molecule has 2 aromatic heterocycles. The fourth-order valence-corrected chi connectivity index (χ4v) is 3.84. The number of aliphatic hydroxyl groups excluding tert-OH is 1. The Morgan fingerprint density at radius 2 is 2.11 bits per heavy atom. The van der Waals surface area contributed by atoms with E-state index >= 15 is 0 Å². The third kappa shape index (κ3) is 4.28. The van der Waals surface area contributed by atoms with Crippen LogP contribution in [0.2, 0.25) is 0 Å². The van der Waals surface area contributed by atoms with Crippen LogP contribution in [0.1, 0.15) is 40.0 Å². The molecule has 1 atom stereocenters. The van der Waals surface area contributed by atoms with E-state index in [1.54, 1.807) is 34.6 Å². The maximum Gasteiger partial charge on any atom is 0.254 e. The van der Waals surface area contributed by atoms with Crippen LogP contribution < -0.4 is 0 Å². The van der Waals surface area contributed by atoms with Crippen LogP contribution in [-0.2, 0) is 6.54 Å². The predicted octanol–water partition coefficient (Wildman–Crippen LogP) is 4.43. The fraction of sp³-hybridized carbons (Fsp3) is 0.333. The first-order valence-electron chi connectivity index (χ1n) is 9.02. The molecule has 0 saturated carbocycles. The Balaban J connectivity index is 1.92. The lowest BCUT2D eigenvalue weighted by atomic mass is 10.1. The molecule has 1 N–H and O–H groups in total. The Morgan fingerprint density at radius 1 is 1.30 bits per heavy atom. The number of aromatic nitrogens is 1. The van der Waals surface area contributed by atoms with Crippen LogP contribution in [0.3, 0.4) is 0 Å². The maximum absolute atomic E-state index is 13.2. The van der Waals surface area contributed by atoms with E-state index in [1.807, 2.05) is 45.0 Å². The molecule has 2 heterocycles. The zero-order valence-corrected chi connectivity index (χ0v) is 16.6. The minimum atomic E-state index is -0.268. The van der Waals surface area contributed by atoms with E-state index in [9.17, 15) is 9.90 Å². The lowest BCUT2D eigenvalue weighted by Gasteiger charge is -2.29. The highest BCUT2D eigenvalue weighted by Gasteiger charge is 2.24. The number of hydrogen-bond acceptors (Lipinski definition) is 5. The largest absolute Gasteiger partial charge is 0.467 e. The number of furan rings is 1. The Labute approximate surface area is 163 Å². The monoisotopic (exact) mass is 384 g/mol. The number of carbonyl (C=O) groups is 1. The molecule has 27 heavy (non-hydrogen) atoms. The van der Waals surface area contributed by atoms with Gasteiger partial charge in [-0.25, -0.2) is 4.98 Å². The van der Waals surface area contributed by atoms with E-state index in [-0.39, 0.29) is 18.6 Å². The second kappa shape index (κ2) is 8.50. The number of amides is 1. The molecule has 0 aliphatic heterocycles. The van der Waals surface area contributed by atoms with E-state index < -0.39 is 0 Å². The standard InChI is InChI=1S/C21H24N2O3S/c1-4-18(13-24)23(12-19-9-6-10-26-19)21(25)17-8-5-7-16(11-17)20-22-14(2)15(3)27-20/h5-11,18,24H,4,12-13H2,1-3H3/t18-/m1/s1. The van der Waals surface area contributed by atoms with Gasteiger partial charge in [-0.2, -0.15) is 0 Å². The number of aryl methyl sites for hydroxylation is 2. The molecule has 0 saturated heterocycles. The van der Waals surface area contributed by atoms with E-state index in [4.69, 9.17) is 4.42 Å². The molecule has 0 radical (unpaired) electrons. The number of hydrogen-bond donors (Lipinski definition) is 1. The first kappa shape index (κ1) is 19.3. The zero-order valence-electron chi connectivity index (χ0n) is 15.8. The van der Waals surface area contributed by atoms with Crippen molar-refractivity contribution >= 4 is 17.2 Å². The molecule has 6 heteroatoms. The van der Waals surface area contributed by atoms with Gasteiger partial charge < -0.3 is 14.4 Å². The third-order valence-corrected chi connectivity index (χ3v) is 5.80. The molecule has 1 amide bonds. The smallest absolute Gasteiger partial charge is 0.254 e. The summed E-state index contributed by atoms with van der Waals surface area (Å²) in [6.45, 7) is 6.23. The minimum Gasteiger partial charge on any atom is -0.467 e. The Bertz CT molecular complexity index is 879. The van der Waals surface area contributed by atoms with E-state index in [2.05, 4.69) is 4.98 Å². The number of rotatable bonds is 7. The first-order chi connectivity index (χ1) is 13.0. The zero-order chi connectivity index (χ0) is 19.4. The van der Waals surface area contributed by atoms with Gasteiger partial charge in [0.25, 0.3) is 5.91 Å². The van der Waals surface area contributed by atoms with Crippen LogP contribution in [0.4, 0.5) is 0 Å². The lowest BCUT2D eigenvalue weighted by molar-refractivity contribution is 0.0545. The Kier molecular flexibility index (Phi) is 6.08. The molecule has 3 aromatic rings. The molecule has 0 unspecified atom stereocenters. The summed E-state index contributed by atoms with van der Waals surface area (Å²) in [7, 11) is 0. The predicted molar refractivity (Wildman–Crippen MR) is 107 cm³/mol. The van der Waals surface area contributed by atoms with Crippen molar-refractivity contribution in [2.75, 3.05) is 6.61 Å². The van der Waals surface area contributed by atoms with Crippen molar-refractivity contribution in [2.45, 2.75) is 39.8 Å². The summed E-state index contributed by atoms with van der Waals surface area (Å²) in [5.41, 5.74) is 2.52. The average Bonchev–Trinajstić information content (AvgIpc) is 3.31. The number of aliphatic hydroxyl groups is 1. The quantitative estimate of drug-likeness (QED) is 0.654. The van der Waals surface area contributed by atoms with Gasteiger partial charge in [0, 0.05) is 16.0 Å². The van der Waals surface area contributed by atoms with Crippen LogP contribution in [0.25, 0.3) is 10.6 Å². The second-order valence-corrected chi connectivity index (χ2v) is 7.70. The van der Waals surface area contributed by atoms with Crippen LogP contribution in [-0.4, -0.2) is 33.5 Å². The van der Waals surface area contributed by atoms with Gasteiger partial charge >= 0.3 is 0 Å². The van der Waals surface area contributed by atoms with Crippen molar-refractivity contribution in [3.63, 3.8) is 0 Å². The molecule has 5 nitrogen and oxygen atoms in total. The normalized spacial score (nSPS) is 12.1. The molecule has 3 rings (SSSR count). The summed E-state index contributed by atoms with van der Waals surface area (Å²) in [6.07, 6.45) is 2.25. The Hall–Kier alpha value is -2.44. The van der Waals surface area contributed by atoms with Gasteiger partial charge in [0.2, 0.25) is 0 Å². The molecule has 142 valence electrons. The number of thiazole rings is 1. The van der Waals surface area contributed by atoms with Gasteiger partial charge in [-0.3, -0.25) is 4.79 Å². The van der Waals surface area contributed by atoms with Gasteiger partial charge in [0.05, 0.1) is 31.2 Å². The van der Waals surface area contributed by atoms with Crippen LogP contribution in [0.5, 0.6) is 0 Å². The van der Waals surface area contributed by atoms with Gasteiger partial charge in [0.1, 0.15) is 10.8 Å². The molecule has 0 aliphatic rings. The third-order valence-electron chi connectivity index (χ3n) is 4.67. The topological polar surface area (TPSA) is 66.6 Å². The Morgan fingerprint density at radius 3 is 2.70 bits per heavy atom. The van der Waals surface area contributed by atoms with Gasteiger partial charge in [-0.05, 0) is 44.5 Å². The second-order valence-electron chi connectivity index (χ2n) is 6.50. The van der Waals surface area contributed by atoms with Crippen molar-refractivity contribution in [1.29, 1.82) is 0 Å². The van der Waals surface area contributed by atoms with Crippen LogP contribution in [0, 0.1) is 13.8 Å². The highest BCUT2D eigenvalue weighted by atomic mass is 32.1. The fourth-order valence-electron chi connectivity index (χ4n) is 2.93. The molecule has 0 aliphatic carbocycles. The first-order valence-corrected chi connectivity index (χ1v) is 9.83. The van der Waals surface area contributed by atoms with Crippen LogP contribution in [0.15, 0.2) is 47.1 Å². The van der Waals surface area contributed by atoms with Crippen LogP contribution >= 0.6 is 11.3 Å². The van der Waals surface area contributed by atoms with E-state index in [0.29, 0.717) is 24.3 Å². The highest BCUT2D eigenvalue weighted by molar-refractivity contribution is 7.15. The summed E-state index contributed by atoms with van der Waals surface area (Å²) >= 11 is 1.62. The van der Waals surface area contributed by atoms with Crippen molar-refractivity contribution in [3.8, 4) is 10.6 Å². The number of benzene rings is 1. The van der Waals surface area contributed by atoms with Crippen molar-refractivity contribution in [1.82, 2.24) is 9.88 Å². The van der Waals surface area contributed by atoms with E-state index in [1.165, 1.54) is 4.88 Å². The molecule has 0 spiro atoms. The molecule has 0 bridgehead atoms. The van der Waals surface area contributed by atoms with Crippen molar-refractivity contribution in [3.05, 3.63) is 64.6 Å². The van der Waals surface area contributed by atoms with Gasteiger partial charge in [0.15, 0.2) is 0 Å². The van der Waals surface area contributed by atoms with E-state index in [0.717, 1.165) is 16.3 Å². The van der Waals surface area contributed by atoms with Gasteiger partial charge in [-0.1, -0.05) is 19.1 Å². The minimum absolute atomic E-state index is 0.0898. The summed E-state index contributed by atoms with van der Waals surface area (Å²) in [5.74, 6) is 0.566. The lowest BCUT2D eigenvalue weighted by Crippen LogP contribution is -2.41. The average molecular weight is 385 g/mol. The van der Waals surface area contributed by atoms with Crippen molar-refractivity contribution in [2.24, 2.45) is 0 Å². The SMILES string of the molecule is CC[C@H](CO)N(Cc1ccco1)C(=O)c1cccc(-c2nc(C)c(C)s2)c1. The summed E-state index contributed by atoms with van der Waals surface area (Å²) in [5, 5.41) is 10.7. The highest BCUT2D eigenvalue weighted by Crippen LogP contribution is 2.28. The summed E-state index contributed by atoms with van der Waals surface area (Å²) < 4.78 is 5.41. The van der Waals surface area contributed by atoms with Crippen molar-refractivity contribution < 1.29 is 14.3 Å². The molecule has 0 fully saturated rings. The number of nitrogens with zero attached hydrogens (tertiary/aromatic N) is 2.